The van der Waals surface area contributed by atoms with Crippen molar-refractivity contribution < 1.29 is 9.13 Å². The van der Waals surface area contributed by atoms with Crippen molar-refractivity contribution in [2.45, 2.75) is 6.54 Å². The topological polar surface area (TPSA) is 48.1 Å². The van der Waals surface area contributed by atoms with Crippen molar-refractivity contribution in [2.75, 3.05) is 0 Å². The molecule has 0 aliphatic rings. The lowest BCUT2D eigenvalue weighted by molar-refractivity contribution is 0.477. The second kappa shape index (κ2) is 5.12. The van der Waals surface area contributed by atoms with E-state index in [1.807, 2.05) is 0 Å². The fraction of sp³-hybridized carbons (Fsp3) is 0.0833. The Morgan fingerprint density at radius 1 is 1.24 bits per heavy atom. The molecule has 0 spiro atoms. The van der Waals surface area contributed by atoms with Crippen LogP contribution < -0.4 is 10.5 Å². The lowest BCUT2D eigenvalue weighted by Gasteiger charge is -2.06. The first kappa shape index (κ1) is 11.8. The minimum absolute atomic E-state index is 0.0189. The molecule has 0 aliphatic carbocycles. The van der Waals surface area contributed by atoms with Gasteiger partial charge in [0.25, 0.3) is 0 Å². The van der Waals surface area contributed by atoms with Crippen molar-refractivity contribution in [1.29, 1.82) is 0 Å². The van der Waals surface area contributed by atoms with Crippen LogP contribution >= 0.6 is 11.6 Å². The van der Waals surface area contributed by atoms with E-state index in [-0.39, 0.29) is 5.02 Å². The molecule has 2 N–H and O–H groups in total. The maximum absolute atomic E-state index is 12.9. The van der Waals surface area contributed by atoms with Gasteiger partial charge in [-0.25, -0.2) is 4.39 Å². The third kappa shape index (κ3) is 2.93. The van der Waals surface area contributed by atoms with E-state index >= 15 is 0 Å². The number of halogens is 2. The number of nitrogens with zero attached hydrogens (tertiary/aromatic N) is 1. The molecule has 1 heterocycles. The quantitative estimate of drug-likeness (QED) is 0.913. The Hall–Kier alpha value is -1.65. The molecule has 0 amide bonds. The molecule has 0 atom stereocenters. The Morgan fingerprint density at radius 3 is 2.76 bits per heavy atom. The van der Waals surface area contributed by atoms with Crippen LogP contribution in [-0.4, -0.2) is 4.98 Å². The molecule has 0 radical (unpaired) electrons. The van der Waals surface area contributed by atoms with E-state index in [0.29, 0.717) is 18.0 Å². The number of pyridine rings is 1. The van der Waals surface area contributed by atoms with Gasteiger partial charge in [0, 0.05) is 18.8 Å². The summed E-state index contributed by atoms with van der Waals surface area (Å²) in [6.45, 7) is 0.383. The molecule has 2 rings (SSSR count). The Labute approximate surface area is 103 Å². The summed E-state index contributed by atoms with van der Waals surface area (Å²) in [4.78, 5) is 3.98. The molecule has 2 aromatic rings. The van der Waals surface area contributed by atoms with Crippen molar-refractivity contribution in [3.05, 3.63) is 53.1 Å². The summed E-state index contributed by atoms with van der Waals surface area (Å²) in [6.07, 6.45) is 3.21. The fourth-order valence-electron chi connectivity index (χ4n) is 1.31. The molecule has 0 saturated heterocycles. The van der Waals surface area contributed by atoms with Crippen molar-refractivity contribution in [3.63, 3.8) is 0 Å². The van der Waals surface area contributed by atoms with Gasteiger partial charge >= 0.3 is 0 Å². The summed E-state index contributed by atoms with van der Waals surface area (Å²) in [5.74, 6) is 0.510. The molecule has 0 unspecified atom stereocenters. The lowest BCUT2D eigenvalue weighted by atomic mass is 10.3. The average molecular weight is 253 g/mol. The molecule has 5 heteroatoms. The van der Waals surface area contributed by atoms with E-state index in [4.69, 9.17) is 22.1 Å². The normalized spacial score (nSPS) is 10.3. The van der Waals surface area contributed by atoms with Crippen LogP contribution in [0.5, 0.6) is 11.5 Å². The van der Waals surface area contributed by atoms with Gasteiger partial charge in [0.15, 0.2) is 0 Å². The van der Waals surface area contributed by atoms with Gasteiger partial charge in [-0.05, 0) is 23.8 Å². The molecule has 17 heavy (non-hydrogen) atoms. The first-order valence-electron chi connectivity index (χ1n) is 4.96. The summed E-state index contributed by atoms with van der Waals surface area (Å²) in [5, 5.41) is 0.0189. The Kier molecular flexibility index (Phi) is 3.56. The predicted octanol–water partition coefficient (Wildman–Crippen LogP) is 3.13. The average Bonchev–Trinajstić information content (AvgIpc) is 2.34. The molecule has 0 saturated carbocycles. The summed E-state index contributed by atoms with van der Waals surface area (Å²) in [5.41, 5.74) is 6.35. The van der Waals surface area contributed by atoms with Gasteiger partial charge in [0.05, 0.1) is 11.2 Å². The van der Waals surface area contributed by atoms with Crippen LogP contribution in [0.2, 0.25) is 5.02 Å². The van der Waals surface area contributed by atoms with E-state index in [1.54, 1.807) is 18.5 Å². The number of rotatable bonds is 3. The number of nitrogens with two attached hydrogens (primary N) is 1. The standard InChI is InChI=1S/C12H10ClFN2O/c13-11-4-9(1-2-12(11)14)17-10-3-8(5-15)6-16-7-10/h1-4,6-7H,5,15H2. The predicted molar refractivity (Wildman–Crippen MR) is 63.6 cm³/mol. The number of hydrogen-bond donors (Lipinski definition) is 1. The van der Waals surface area contributed by atoms with E-state index in [1.165, 1.54) is 18.2 Å². The van der Waals surface area contributed by atoms with Gasteiger partial charge in [-0.3, -0.25) is 4.98 Å². The van der Waals surface area contributed by atoms with E-state index in [0.717, 1.165) is 5.56 Å². The van der Waals surface area contributed by atoms with Gasteiger partial charge in [-0.1, -0.05) is 11.6 Å². The van der Waals surface area contributed by atoms with Gasteiger partial charge in [-0.2, -0.15) is 0 Å². The molecular formula is C12H10ClFN2O. The molecule has 1 aromatic heterocycles. The summed E-state index contributed by atoms with van der Waals surface area (Å²) < 4.78 is 18.4. The van der Waals surface area contributed by atoms with Crippen LogP contribution in [0.4, 0.5) is 4.39 Å². The van der Waals surface area contributed by atoms with Crippen LogP contribution in [0.3, 0.4) is 0 Å². The Bertz CT molecular complexity index is 534. The van der Waals surface area contributed by atoms with Gasteiger partial charge in [-0.15, -0.1) is 0 Å². The first-order chi connectivity index (χ1) is 8.19. The molecule has 0 bridgehead atoms. The zero-order valence-corrected chi connectivity index (χ0v) is 9.62. The lowest BCUT2D eigenvalue weighted by Crippen LogP contribution is -1.97. The van der Waals surface area contributed by atoms with Crippen molar-refractivity contribution in [3.8, 4) is 11.5 Å². The molecule has 0 aliphatic heterocycles. The first-order valence-corrected chi connectivity index (χ1v) is 5.34. The maximum atomic E-state index is 12.9. The monoisotopic (exact) mass is 252 g/mol. The molecule has 3 nitrogen and oxygen atoms in total. The van der Waals surface area contributed by atoms with Crippen molar-refractivity contribution in [1.82, 2.24) is 4.98 Å². The SMILES string of the molecule is NCc1cncc(Oc2ccc(F)c(Cl)c2)c1. The summed E-state index contributed by atoms with van der Waals surface area (Å²) in [6, 6.07) is 5.92. The highest BCUT2D eigenvalue weighted by molar-refractivity contribution is 6.30. The van der Waals surface area contributed by atoms with Crippen LogP contribution in [0.1, 0.15) is 5.56 Å². The minimum atomic E-state index is -0.479. The van der Waals surface area contributed by atoms with Gasteiger partial charge in [0.1, 0.15) is 17.3 Å². The number of aromatic nitrogens is 1. The highest BCUT2D eigenvalue weighted by Crippen LogP contribution is 2.25. The van der Waals surface area contributed by atoms with E-state index in [9.17, 15) is 4.39 Å². The second-order valence-electron chi connectivity index (χ2n) is 3.41. The highest BCUT2D eigenvalue weighted by Gasteiger charge is 2.03. The van der Waals surface area contributed by atoms with Crippen molar-refractivity contribution >= 4 is 11.6 Å². The zero-order valence-electron chi connectivity index (χ0n) is 8.86. The second-order valence-corrected chi connectivity index (χ2v) is 3.82. The van der Waals surface area contributed by atoms with Crippen LogP contribution in [0.25, 0.3) is 0 Å². The molecule has 88 valence electrons. The van der Waals surface area contributed by atoms with Crippen LogP contribution in [0, 0.1) is 5.82 Å². The zero-order chi connectivity index (χ0) is 12.3. The third-order valence-electron chi connectivity index (χ3n) is 2.13. The molecule has 1 aromatic carbocycles. The Balaban J connectivity index is 2.22. The van der Waals surface area contributed by atoms with Gasteiger partial charge < -0.3 is 10.5 Å². The number of hydrogen-bond acceptors (Lipinski definition) is 3. The third-order valence-corrected chi connectivity index (χ3v) is 2.42. The van der Waals surface area contributed by atoms with Crippen molar-refractivity contribution in [2.24, 2.45) is 5.73 Å². The highest BCUT2D eigenvalue weighted by atomic mass is 35.5. The smallest absolute Gasteiger partial charge is 0.146 e. The largest absolute Gasteiger partial charge is 0.456 e. The van der Waals surface area contributed by atoms with Crippen LogP contribution in [-0.2, 0) is 6.54 Å². The Morgan fingerprint density at radius 2 is 2.06 bits per heavy atom. The number of benzene rings is 1. The fourth-order valence-corrected chi connectivity index (χ4v) is 1.48. The van der Waals surface area contributed by atoms with Crippen LogP contribution in [0.15, 0.2) is 36.7 Å². The number of ether oxygens (including phenoxy) is 1. The summed E-state index contributed by atoms with van der Waals surface area (Å²) in [7, 11) is 0. The maximum Gasteiger partial charge on any atom is 0.146 e. The molecule has 0 fully saturated rings. The van der Waals surface area contributed by atoms with E-state index < -0.39 is 5.82 Å². The van der Waals surface area contributed by atoms with Gasteiger partial charge in [0.2, 0.25) is 0 Å². The minimum Gasteiger partial charge on any atom is -0.456 e. The summed E-state index contributed by atoms with van der Waals surface area (Å²) >= 11 is 5.65. The van der Waals surface area contributed by atoms with E-state index in [2.05, 4.69) is 4.98 Å². The molecular weight excluding hydrogens is 243 g/mol.